The standard InChI is InChI=1S/C21H25NO4/c1-19(2)15-6-7-20(3)9-12(11-22)14(23)8-16(20)21(15,4)10-13(17(19)24)18(25)26-5/h8-9,13,15H,6-7,10H2,1-5H3/t13?,15-,20-,21-/m0/s1. The number of esters is 1. The molecule has 5 nitrogen and oxygen atoms in total. The van der Waals surface area contributed by atoms with Gasteiger partial charge in [0.25, 0.3) is 0 Å². The summed E-state index contributed by atoms with van der Waals surface area (Å²) >= 11 is 0. The number of ketones is 2. The van der Waals surface area contributed by atoms with Crippen molar-refractivity contribution in [3.05, 3.63) is 23.3 Å². The van der Waals surface area contributed by atoms with Gasteiger partial charge in [-0.15, -0.1) is 0 Å². The lowest BCUT2D eigenvalue weighted by atomic mass is 9.43. The van der Waals surface area contributed by atoms with Crippen LogP contribution in [0.3, 0.4) is 0 Å². The maximum atomic E-state index is 13.0. The fourth-order valence-corrected chi connectivity index (χ4v) is 5.78. The monoisotopic (exact) mass is 355 g/mol. The molecule has 0 bridgehead atoms. The summed E-state index contributed by atoms with van der Waals surface area (Å²) < 4.78 is 4.89. The highest BCUT2D eigenvalue weighted by atomic mass is 16.5. The third kappa shape index (κ3) is 2.31. The Labute approximate surface area is 154 Å². The van der Waals surface area contributed by atoms with E-state index in [-0.39, 0.29) is 23.1 Å². The van der Waals surface area contributed by atoms with Crippen LogP contribution in [0, 0.1) is 39.4 Å². The zero-order chi connectivity index (χ0) is 19.5. The molecule has 0 N–H and O–H groups in total. The van der Waals surface area contributed by atoms with Gasteiger partial charge in [-0.2, -0.15) is 5.26 Å². The minimum atomic E-state index is -0.823. The maximum absolute atomic E-state index is 13.0. The Bertz CT molecular complexity index is 812. The van der Waals surface area contributed by atoms with Gasteiger partial charge in [0.1, 0.15) is 12.0 Å². The molecule has 26 heavy (non-hydrogen) atoms. The third-order valence-corrected chi connectivity index (χ3v) is 7.01. The van der Waals surface area contributed by atoms with Crippen molar-refractivity contribution >= 4 is 17.5 Å². The van der Waals surface area contributed by atoms with Crippen molar-refractivity contribution in [2.24, 2.45) is 28.1 Å². The van der Waals surface area contributed by atoms with E-state index in [0.717, 1.165) is 18.4 Å². The largest absolute Gasteiger partial charge is 0.468 e. The molecule has 0 amide bonds. The topological polar surface area (TPSA) is 84.2 Å². The summed E-state index contributed by atoms with van der Waals surface area (Å²) in [5.41, 5.74) is -0.442. The number of hydrogen-bond acceptors (Lipinski definition) is 5. The van der Waals surface area contributed by atoms with E-state index in [1.807, 2.05) is 26.8 Å². The van der Waals surface area contributed by atoms with Gasteiger partial charge in [0.15, 0.2) is 11.6 Å². The predicted molar refractivity (Wildman–Crippen MR) is 94.6 cm³/mol. The van der Waals surface area contributed by atoms with Gasteiger partial charge < -0.3 is 4.74 Å². The Morgan fingerprint density at radius 2 is 1.92 bits per heavy atom. The molecular formula is C21H25NO4. The number of rotatable bonds is 1. The lowest BCUT2D eigenvalue weighted by molar-refractivity contribution is -0.163. The molecule has 3 aliphatic rings. The average molecular weight is 355 g/mol. The molecule has 2 fully saturated rings. The van der Waals surface area contributed by atoms with Crippen LogP contribution in [0.1, 0.15) is 47.0 Å². The van der Waals surface area contributed by atoms with Crippen molar-refractivity contribution in [3.63, 3.8) is 0 Å². The molecule has 138 valence electrons. The highest BCUT2D eigenvalue weighted by Crippen LogP contribution is 2.65. The molecule has 0 aromatic rings. The van der Waals surface area contributed by atoms with Gasteiger partial charge in [-0.1, -0.05) is 39.3 Å². The molecule has 0 radical (unpaired) electrons. The minimum Gasteiger partial charge on any atom is -0.468 e. The molecule has 3 rings (SSSR count). The highest BCUT2D eigenvalue weighted by Gasteiger charge is 2.62. The molecule has 3 aliphatic carbocycles. The second kappa shape index (κ2) is 5.64. The second-order valence-corrected chi connectivity index (χ2v) is 8.88. The first kappa shape index (κ1) is 18.6. The molecular weight excluding hydrogens is 330 g/mol. The zero-order valence-electron chi connectivity index (χ0n) is 16.0. The van der Waals surface area contributed by atoms with E-state index < -0.39 is 28.1 Å². The lowest BCUT2D eigenvalue weighted by Gasteiger charge is -2.59. The zero-order valence-corrected chi connectivity index (χ0v) is 16.0. The third-order valence-electron chi connectivity index (χ3n) is 7.01. The van der Waals surface area contributed by atoms with Crippen molar-refractivity contribution in [1.82, 2.24) is 0 Å². The van der Waals surface area contributed by atoms with E-state index in [2.05, 4.69) is 6.92 Å². The van der Waals surface area contributed by atoms with E-state index in [4.69, 9.17) is 4.74 Å². The molecule has 2 saturated carbocycles. The summed E-state index contributed by atoms with van der Waals surface area (Å²) in [6.07, 6.45) is 5.29. The van der Waals surface area contributed by atoms with E-state index >= 15 is 0 Å². The van der Waals surface area contributed by atoms with Gasteiger partial charge >= 0.3 is 5.97 Å². The number of methoxy groups -OCH3 is 1. The first-order valence-corrected chi connectivity index (χ1v) is 9.03. The summed E-state index contributed by atoms with van der Waals surface area (Å²) in [7, 11) is 1.30. The molecule has 0 aromatic heterocycles. The summed E-state index contributed by atoms with van der Waals surface area (Å²) in [6.45, 7) is 7.90. The molecule has 0 aliphatic heterocycles. The first-order chi connectivity index (χ1) is 12.0. The summed E-state index contributed by atoms with van der Waals surface area (Å²) in [5, 5.41) is 9.25. The highest BCUT2D eigenvalue weighted by molar-refractivity contribution is 6.09. The number of allylic oxidation sites excluding steroid dienone is 4. The maximum Gasteiger partial charge on any atom is 0.316 e. The molecule has 0 aromatic carbocycles. The average Bonchev–Trinajstić information content (AvgIpc) is 2.58. The molecule has 4 atom stereocenters. The van der Waals surface area contributed by atoms with Crippen LogP contribution in [0.25, 0.3) is 0 Å². The molecule has 0 heterocycles. The van der Waals surface area contributed by atoms with Gasteiger partial charge in [-0.05, 0) is 36.7 Å². The predicted octanol–water partition coefficient (Wildman–Crippen LogP) is 3.16. The number of ether oxygens (including phenoxy) is 1. The Morgan fingerprint density at radius 3 is 2.50 bits per heavy atom. The van der Waals surface area contributed by atoms with E-state index in [9.17, 15) is 19.6 Å². The summed E-state index contributed by atoms with van der Waals surface area (Å²) in [4.78, 5) is 37.7. The van der Waals surface area contributed by atoms with Crippen LogP contribution >= 0.6 is 0 Å². The fraction of sp³-hybridized carbons (Fsp3) is 0.619. The van der Waals surface area contributed by atoms with Crippen LogP contribution in [-0.4, -0.2) is 24.6 Å². The molecule has 5 heteroatoms. The Balaban J connectivity index is 2.15. The number of carbonyl (C=O) groups excluding carboxylic acids is 3. The number of nitrogens with zero attached hydrogens (tertiary/aromatic N) is 1. The number of nitriles is 1. The second-order valence-electron chi connectivity index (χ2n) is 8.88. The molecule has 0 saturated heterocycles. The Kier molecular flexibility index (Phi) is 4.03. The quantitative estimate of drug-likeness (QED) is 0.533. The van der Waals surface area contributed by atoms with Gasteiger partial charge in [-0.3, -0.25) is 14.4 Å². The van der Waals surface area contributed by atoms with Gasteiger partial charge in [0, 0.05) is 10.8 Å². The van der Waals surface area contributed by atoms with Crippen LogP contribution in [0.2, 0.25) is 0 Å². The number of fused-ring (bicyclic) bond motifs is 3. The van der Waals surface area contributed by atoms with Crippen molar-refractivity contribution in [2.45, 2.75) is 47.0 Å². The van der Waals surface area contributed by atoms with Crippen molar-refractivity contribution in [1.29, 1.82) is 5.26 Å². The van der Waals surface area contributed by atoms with Crippen LogP contribution in [0.5, 0.6) is 0 Å². The number of Topliss-reactive ketones (excluding diaryl/α,β-unsaturated/α-hetero) is 1. The summed E-state index contributed by atoms with van der Waals surface area (Å²) in [5.74, 6) is -1.66. The van der Waals surface area contributed by atoms with E-state index in [1.165, 1.54) is 7.11 Å². The smallest absolute Gasteiger partial charge is 0.316 e. The van der Waals surface area contributed by atoms with Crippen LogP contribution in [-0.2, 0) is 19.1 Å². The van der Waals surface area contributed by atoms with Crippen molar-refractivity contribution < 1.29 is 19.1 Å². The van der Waals surface area contributed by atoms with Crippen LogP contribution in [0.4, 0.5) is 0 Å². The normalized spacial score (nSPS) is 38.3. The number of carbonyl (C=O) groups is 3. The lowest BCUT2D eigenvalue weighted by Crippen LogP contribution is -2.58. The first-order valence-electron chi connectivity index (χ1n) is 9.03. The number of hydrogen-bond donors (Lipinski definition) is 0. The molecule has 0 spiro atoms. The fourth-order valence-electron chi connectivity index (χ4n) is 5.78. The van der Waals surface area contributed by atoms with E-state index in [1.54, 1.807) is 12.2 Å². The SMILES string of the molecule is COC(=O)C1C[C@]2(C)C3=CC(=O)C(C#N)=C[C@]3(C)CC[C@H]2C(C)(C)C1=O. The van der Waals surface area contributed by atoms with Crippen LogP contribution < -0.4 is 0 Å². The van der Waals surface area contributed by atoms with Gasteiger partial charge in [0.05, 0.1) is 12.7 Å². The van der Waals surface area contributed by atoms with Crippen molar-refractivity contribution in [3.8, 4) is 6.07 Å². The minimum absolute atomic E-state index is 0.0348. The van der Waals surface area contributed by atoms with Crippen LogP contribution in [0.15, 0.2) is 23.3 Å². The van der Waals surface area contributed by atoms with Gasteiger partial charge in [-0.25, -0.2) is 0 Å². The Hall–Kier alpha value is -2.22. The van der Waals surface area contributed by atoms with E-state index in [0.29, 0.717) is 6.42 Å². The Morgan fingerprint density at radius 1 is 1.27 bits per heavy atom. The molecule has 1 unspecified atom stereocenters. The van der Waals surface area contributed by atoms with Crippen molar-refractivity contribution in [2.75, 3.05) is 7.11 Å². The summed E-state index contributed by atoms with van der Waals surface area (Å²) in [6, 6.07) is 1.99. The van der Waals surface area contributed by atoms with Gasteiger partial charge in [0.2, 0.25) is 0 Å².